The lowest BCUT2D eigenvalue weighted by molar-refractivity contribution is -0.138. The highest BCUT2D eigenvalue weighted by Crippen LogP contribution is 2.37. The summed E-state index contributed by atoms with van der Waals surface area (Å²) in [4.78, 5) is 60.5. The first-order valence-electron chi connectivity index (χ1n) is 22.4. The molecule has 1 aliphatic carbocycles. The summed E-state index contributed by atoms with van der Waals surface area (Å²) in [7, 11) is 1.87. The van der Waals surface area contributed by atoms with Gasteiger partial charge in [0.2, 0.25) is 17.7 Å². The van der Waals surface area contributed by atoms with Gasteiger partial charge in [-0.1, -0.05) is 0 Å². The van der Waals surface area contributed by atoms with E-state index >= 15 is 0 Å². The molecule has 4 unspecified atom stereocenters. The van der Waals surface area contributed by atoms with Crippen molar-refractivity contribution in [2.45, 2.75) is 120 Å². The second kappa shape index (κ2) is 19.6. The van der Waals surface area contributed by atoms with Gasteiger partial charge in [-0.25, -0.2) is 4.79 Å². The molecule has 0 aromatic heterocycles. The number of amides is 5. The van der Waals surface area contributed by atoms with E-state index in [1.807, 2.05) is 11.9 Å². The molecule has 6 saturated heterocycles. The summed E-state index contributed by atoms with van der Waals surface area (Å²) in [5.74, 6) is 2.07. The van der Waals surface area contributed by atoms with Gasteiger partial charge in [0.05, 0.1) is 12.3 Å². The second-order valence-electron chi connectivity index (χ2n) is 18.6. The van der Waals surface area contributed by atoms with Crippen LogP contribution < -0.4 is 32.7 Å². The van der Waals surface area contributed by atoms with Crippen LogP contribution in [-0.2, 0) is 14.4 Å². The van der Waals surface area contributed by atoms with Gasteiger partial charge in [0, 0.05) is 77.3 Å². The van der Waals surface area contributed by atoms with E-state index in [0.717, 1.165) is 109 Å². The van der Waals surface area contributed by atoms with Gasteiger partial charge in [-0.05, 0) is 140 Å². The number of likely N-dealkylation sites (N-methyl/N-ethyl adjacent to an activating group) is 1. The van der Waals surface area contributed by atoms with Crippen LogP contribution in [0.5, 0.6) is 0 Å². The predicted molar refractivity (Wildman–Crippen MR) is 216 cm³/mol. The molecular weight excluding hydrogens is 711 g/mol. The highest BCUT2D eigenvalue weighted by molar-refractivity contribution is 5.98. The van der Waals surface area contributed by atoms with Gasteiger partial charge in [0.15, 0.2) is 0 Å². The monoisotopic (exact) mass is 784 g/mol. The van der Waals surface area contributed by atoms with Gasteiger partial charge in [0.25, 0.3) is 0 Å². The number of primary amides is 1. The maximum atomic E-state index is 12.5. The number of likely N-dealkylation sites (tertiary alicyclic amines) is 3. The number of imide groups is 1. The fourth-order valence-electron chi connectivity index (χ4n) is 11.5. The summed E-state index contributed by atoms with van der Waals surface area (Å²) in [6.45, 7) is 11.7. The first-order valence-corrected chi connectivity index (χ1v) is 22.4. The molecule has 0 aromatic rings. The maximum Gasteiger partial charge on any atom is 0.320 e. The van der Waals surface area contributed by atoms with Crippen molar-refractivity contribution in [2.24, 2.45) is 41.1 Å². The Bertz CT molecular complexity index is 1320. The summed E-state index contributed by atoms with van der Waals surface area (Å²) in [6, 6.07) is 0.0801. The zero-order valence-electron chi connectivity index (χ0n) is 34.2. The average Bonchev–Trinajstić information content (AvgIpc) is 3.54. The summed E-state index contributed by atoms with van der Waals surface area (Å²) >= 11 is 0. The Morgan fingerprint density at radius 2 is 1.55 bits per heavy atom. The minimum atomic E-state index is -0.623. The summed E-state index contributed by atoms with van der Waals surface area (Å²) < 4.78 is 0. The molecule has 7 fully saturated rings. The summed E-state index contributed by atoms with van der Waals surface area (Å²) in [5.41, 5.74) is 12.4. The Morgan fingerprint density at radius 1 is 0.821 bits per heavy atom. The molecule has 0 bridgehead atoms. The third kappa shape index (κ3) is 10.6. The lowest BCUT2D eigenvalue weighted by Crippen LogP contribution is -2.62. The topological polar surface area (TPSA) is 185 Å². The maximum absolute atomic E-state index is 12.5. The molecule has 6 atom stereocenters. The van der Waals surface area contributed by atoms with E-state index < -0.39 is 18.1 Å². The zero-order chi connectivity index (χ0) is 39.2. The van der Waals surface area contributed by atoms with Gasteiger partial charge in [0.1, 0.15) is 6.04 Å². The van der Waals surface area contributed by atoms with Crippen LogP contribution in [0.3, 0.4) is 0 Å². The minimum Gasteiger partial charge on any atom is -0.368 e. The lowest BCUT2D eigenvalue weighted by atomic mass is 9.74. The highest BCUT2D eigenvalue weighted by atomic mass is 16.2. The van der Waals surface area contributed by atoms with Gasteiger partial charge < -0.3 is 41.7 Å². The molecule has 15 nitrogen and oxygen atoms in total. The number of hydrogen-bond acceptors (Lipinski definition) is 11. The summed E-state index contributed by atoms with van der Waals surface area (Å²) in [6.07, 6.45) is 15.1. The zero-order valence-corrected chi connectivity index (χ0v) is 34.2. The van der Waals surface area contributed by atoms with Crippen molar-refractivity contribution in [3.8, 4) is 0 Å². The Balaban J connectivity index is 0.745. The third-order valence-corrected chi connectivity index (χ3v) is 15.0. The quantitative estimate of drug-likeness (QED) is 0.107. The molecule has 56 heavy (non-hydrogen) atoms. The van der Waals surface area contributed by atoms with Gasteiger partial charge >= 0.3 is 6.03 Å². The van der Waals surface area contributed by atoms with E-state index in [1.165, 1.54) is 58.2 Å². The molecule has 6 heterocycles. The van der Waals surface area contributed by atoms with Crippen molar-refractivity contribution in [2.75, 3.05) is 85.6 Å². The molecule has 0 radical (unpaired) electrons. The largest absolute Gasteiger partial charge is 0.368 e. The predicted octanol–water partition coefficient (Wildman–Crippen LogP) is 0.497. The normalized spacial score (nSPS) is 33.8. The minimum absolute atomic E-state index is 0.0219. The number of nitrogens with zero attached hydrogens (tertiary/aromatic N) is 5. The van der Waals surface area contributed by atoms with E-state index in [-0.39, 0.29) is 29.8 Å². The van der Waals surface area contributed by atoms with Crippen molar-refractivity contribution in [3.63, 3.8) is 0 Å². The Labute approximate surface area is 335 Å². The second-order valence-corrected chi connectivity index (χ2v) is 18.6. The smallest absolute Gasteiger partial charge is 0.320 e. The molecule has 1 saturated carbocycles. The van der Waals surface area contributed by atoms with E-state index in [0.29, 0.717) is 37.5 Å². The van der Waals surface area contributed by atoms with Crippen molar-refractivity contribution in [1.29, 1.82) is 0 Å². The number of carbonyl (C=O) groups is 4. The lowest BCUT2D eigenvalue weighted by Gasteiger charge is -2.44. The molecule has 316 valence electrons. The standard InChI is InChI=1S/C41H73N11O4/c1-48-23-24-52(41(48)56)33-3-2-17-49(27-33)22-16-44-37(39(43)54)38(42)46-32-7-4-29(5-8-32)30-14-18-50(19-15-30)26-28-12-20-51(21-13-28)35-10-6-31(25-45-35)34-9-11-36(53)47-40(34)55/h28-35,37-38,44-46H,2-27,42H2,1H3,(H2,43,54)(H,47,53,55)/t29?,31?,32?,33-,34+,35?,37?,38?/m1/s1. The van der Waals surface area contributed by atoms with Crippen LogP contribution >= 0.6 is 0 Å². The number of hydrogen-bond donors (Lipinski definition) is 6. The Morgan fingerprint density at radius 3 is 2.21 bits per heavy atom. The van der Waals surface area contributed by atoms with Gasteiger partial charge in [-0.15, -0.1) is 0 Å². The van der Waals surface area contributed by atoms with Crippen LogP contribution in [0.2, 0.25) is 0 Å². The van der Waals surface area contributed by atoms with Crippen LogP contribution in [0.15, 0.2) is 0 Å². The molecule has 7 rings (SSSR count). The third-order valence-electron chi connectivity index (χ3n) is 15.0. The first kappa shape index (κ1) is 41.7. The molecule has 0 spiro atoms. The van der Waals surface area contributed by atoms with Crippen LogP contribution in [0.1, 0.15) is 89.9 Å². The average molecular weight is 784 g/mol. The Hall–Kier alpha value is -2.40. The molecule has 8 N–H and O–H groups in total. The molecular formula is C41H73N11O4. The number of rotatable bonds is 14. The number of piperidine rings is 5. The van der Waals surface area contributed by atoms with Crippen molar-refractivity contribution < 1.29 is 19.2 Å². The summed E-state index contributed by atoms with van der Waals surface area (Å²) in [5, 5.41) is 13.2. The molecule has 7 aliphatic rings. The molecule has 0 aromatic carbocycles. The van der Waals surface area contributed by atoms with Gasteiger partial charge in [-0.3, -0.25) is 29.9 Å². The molecule has 5 amide bonds. The van der Waals surface area contributed by atoms with Gasteiger partial charge in [-0.2, -0.15) is 0 Å². The number of nitrogens with two attached hydrogens (primary N) is 2. The number of carbonyl (C=O) groups excluding carboxylic acids is 4. The van der Waals surface area contributed by atoms with Crippen LogP contribution in [0.25, 0.3) is 0 Å². The first-order chi connectivity index (χ1) is 27.1. The number of urea groups is 1. The van der Waals surface area contributed by atoms with E-state index in [2.05, 4.69) is 36.0 Å². The molecule has 15 heteroatoms. The SMILES string of the molecule is CN1CCN([C@@H]2CCCN(CCNC(C(N)=O)C(N)NC3CCC(C4CCN(CC5CCN(C6CCC([C@@H]7CCC(=O)NC7=O)CN6)CC5)CC4)CC3)C2)C1=O. The van der Waals surface area contributed by atoms with Crippen LogP contribution in [0, 0.1) is 29.6 Å². The van der Waals surface area contributed by atoms with Crippen LogP contribution in [0.4, 0.5) is 4.79 Å². The van der Waals surface area contributed by atoms with Crippen molar-refractivity contribution in [1.82, 2.24) is 45.8 Å². The highest BCUT2D eigenvalue weighted by Gasteiger charge is 2.39. The fourth-order valence-corrected chi connectivity index (χ4v) is 11.5. The fraction of sp³-hybridized carbons (Fsp3) is 0.902. The van der Waals surface area contributed by atoms with Crippen LogP contribution in [-0.4, -0.2) is 164 Å². The molecule has 6 aliphatic heterocycles. The van der Waals surface area contributed by atoms with E-state index in [4.69, 9.17) is 11.5 Å². The van der Waals surface area contributed by atoms with Crippen molar-refractivity contribution in [3.05, 3.63) is 0 Å². The van der Waals surface area contributed by atoms with E-state index in [9.17, 15) is 19.2 Å². The number of nitrogens with one attached hydrogen (secondary N) is 4. The Kier molecular flexibility index (Phi) is 14.6. The van der Waals surface area contributed by atoms with E-state index in [1.54, 1.807) is 4.90 Å². The van der Waals surface area contributed by atoms with Crippen molar-refractivity contribution >= 4 is 23.8 Å².